The number of nitrogens with zero attached hydrogens (tertiary/aromatic N) is 5. The van der Waals surface area contributed by atoms with Gasteiger partial charge in [0.25, 0.3) is 5.91 Å². The second kappa shape index (κ2) is 5.91. The molecule has 2 aromatic rings. The number of benzene rings is 1. The predicted molar refractivity (Wildman–Crippen MR) is 70.9 cm³/mol. The normalized spacial score (nSPS) is 10.1. The number of rotatable bonds is 4. The zero-order chi connectivity index (χ0) is 14.5. The van der Waals surface area contributed by atoms with E-state index in [1.54, 1.807) is 38.4 Å². The van der Waals surface area contributed by atoms with Gasteiger partial charge in [-0.3, -0.25) is 9.59 Å². The molecule has 0 aliphatic rings. The fourth-order valence-electron chi connectivity index (χ4n) is 1.55. The van der Waals surface area contributed by atoms with E-state index in [-0.39, 0.29) is 18.4 Å². The van der Waals surface area contributed by atoms with Gasteiger partial charge in [0.2, 0.25) is 5.91 Å². The maximum absolute atomic E-state index is 11.7. The second-order valence-electron chi connectivity index (χ2n) is 4.33. The lowest BCUT2D eigenvalue weighted by molar-refractivity contribution is -0.116. The van der Waals surface area contributed by atoms with Crippen molar-refractivity contribution in [3.8, 4) is 0 Å². The van der Waals surface area contributed by atoms with Crippen LogP contribution in [0.5, 0.6) is 0 Å². The van der Waals surface area contributed by atoms with Gasteiger partial charge in [0.05, 0.1) is 0 Å². The highest BCUT2D eigenvalue weighted by Gasteiger charge is 2.08. The number of anilines is 1. The molecule has 0 bridgehead atoms. The molecule has 1 aromatic heterocycles. The highest BCUT2D eigenvalue weighted by Crippen LogP contribution is 2.10. The quantitative estimate of drug-likeness (QED) is 0.848. The molecule has 1 aromatic carbocycles. The summed E-state index contributed by atoms with van der Waals surface area (Å²) >= 11 is 0. The van der Waals surface area contributed by atoms with E-state index in [0.29, 0.717) is 11.3 Å². The minimum Gasteiger partial charge on any atom is -0.345 e. The van der Waals surface area contributed by atoms with E-state index in [4.69, 9.17) is 0 Å². The van der Waals surface area contributed by atoms with E-state index in [9.17, 15) is 9.59 Å². The lowest BCUT2D eigenvalue weighted by Crippen LogP contribution is -2.22. The Bertz CT molecular complexity index is 591. The van der Waals surface area contributed by atoms with Gasteiger partial charge in [0, 0.05) is 25.3 Å². The predicted octanol–water partition coefficient (Wildman–Crippen LogP) is 0.0136. The Morgan fingerprint density at radius 3 is 2.50 bits per heavy atom. The van der Waals surface area contributed by atoms with Gasteiger partial charge in [-0.15, -0.1) is 5.10 Å². The van der Waals surface area contributed by atoms with Crippen molar-refractivity contribution in [2.24, 2.45) is 0 Å². The molecular weight excluding hydrogens is 260 g/mol. The van der Waals surface area contributed by atoms with Crippen molar-refractivity contribution < 1.29 is 9.59 Å². The number of nitrogens with one attached hydrogen (secondary N) is 1. The van der Waals surface area contributed by atoms with Gasteiger partial charge >= 0.3 is 0 Å². The second-order valence-corrected chi connectivity index (χ2v) is 4.33. The fraction of sp³-hybridized carbons (Fsp3) is 0.250. The SMILES string of the molecule is CN(C)C(=O)c1ccc(NC(=O)Cn2cnnn2)cc1. The molecule has 1 N–H and O–H groups in total. The van der Waals surface area contributed by atoms with Gasteiger partial charge in [-0.25, -0.2) is 4.68 Å². The van der Waals surface area contributed by atoms with Gasteiger partial charge in [-0.1, -0.05) is 0 Å². The van der Waals surface area contributed by atoms with Crippen LogP contribution in [-0.4, -0.2) is 51.0 Å². The number of tetrazole rings is 1. The molecule has 1 heterocycles. The molecular formula is C12H14N6O2. The van der Waals surface area contributed by atoms with E-state index in [2.05, 4.69) is 20.8 Å². The standard InChI is InChI=1S/C12H14N6O2/c1-17(2)12(20)9-3-5-10(6-4-9)14-11(19)7-18-8-13-15-16-18/h3-6,8H,7H2,1-2H3,(H,14,19). The van der Waals surface area contributed by atoms with E-state index in [0.717, 1.165) is 0 Å². The number of hydrogen-bond acceptors (Lipinski definition) is 5. The van der Waals surface area contributed by atoms with Crippen LogP contribution in [0, 0.1) is 0 Å². The molecule has 0 saturated carbocycles. The fourth-order valence-corrected chi connectivity index (χ4v) is 1.55. The Balaban J connectivity index is 1.97. The average Bonchev–Trinajstić information content (AvgIpc) is 2.91. The van der Waals surface area contributed by atoms with Crippen LogP contribution in [-0.2, 0) is 11.3 Å². The Kier molecular flexibility index (Phi) is 4.04. The Hall–Kier alpha value is -2.77. The van der Waals surface area contributed by atoms with Crippen molar-refractivity contribution in [2.75, 3.05) is 19.4 Å². The number of hydrogen-bond donors (Lipinski definition) is 1. The molecule has 0 spiro atoms. The summed E-state index contributed by atoms with van der Waals surface area (Å²) in [5.74, 6) is -0.333. The van der Waals surface area contributed by atoms with Crippen molar-refractivity contribution in [3.05, 3.63) is 36.2 Å². The van der Waals surface area contributed by atoms with Crippen LogP contribution in [0.25, 0.3) is 0 Å². The Morgan fingerprint density at radius 1 is 1.25 bits per heavy atom. The van der Waals surface area contributed by atoms with Crippen molar-refractivity contribution >= 4 is 17.5 Å². The molecule has 2 amide bonds. The van der Waals surface area contributed by atoms with Crippen molar-refractivity contribution in [1.82, 2.24) is 25.1 Å². The van der Waals surface area contributed by atoms with Crippen LogP contribution >= 0.6 is 0 Å². The Labute approximate surface area is 115 Å². The number of carbonyl (C=O) groups is 2. The third-order valence-electron chi connectivity index (χ3n) is 2.52. The molecule has 0 saturated heterocycles. The maximum atomic E-state index is 11.7. The number of carbonyl (C=O) groups excluding carboxylic acids is 2. The van der Waals surface area contributed by atoms with Gasteiger partial charge in [-0.2, -0.15) is 0 Å². The van der Waals surface area contributed by atoms with Gasteiger partial charge in [-0.05, 0) is 34.7 Å². The molecule has 0 aliphatic carbocycles. The third kappa shape index (κ3) is 3.37. The first-order valence-corrected chi connectivity index (χ1v) is 5.88. The van der Waals surface area contributed by atoms with Crippen LogP contribution in [0.2, 0.25) is 0 Å². The van der Waals surface area contributed by atoms with E-state index in [1.165, 1.54) is 15.9 Å². The minimum absolute atomic E-state index is 0.0331. The summed E-state index contributed by atoms with van der Waals surface area (Å²) in [7, 11) is 3.37. The van der Waals surface area contributed by atoms with Crippen molar-refractivity contribution in [1.29, 1.82) is 0 Å². The first kappa shape index (κ1) is 13.7. The summed E-state index contributed by atoms with van der Waals surface area (Å²) < 4.78 is 1.32. The van der Waals surface area contributed by atoms with Gasteiger partial charge < -0.3 is 10.2 Å². The van der Waals surface area contributed by atoms with Crippen LogP contribution in [0.4, 0.5) is 5.69 Å². The highest BCUT2D eigenvalue weighted by molar-refractivity contribution is 5.95. The molecule has 0 fully saturated rings. The van der Waals surface area contributed by atoms with Gasteiger partial charge in [0.1, 0.15) is 12.9 Å². The van der Waals surface area contributed by atoms with E-state index in [1.807, 2.05) is 0 Å². The lowest BCUT2D eigenvalue weighted by atomic mass is 10.2. The molecule has 2 rings (SSSR count). The van der Waals surface area contributed by atoms with Crippen LogP contribution in [0.3, 0.4) is 0 Å². The molecule has 8 heteroatoms. The molecule has 0 unspecified atom stereocenters. The first-order chi connectivity index (χ1) is 9.56. The van der Waals surface area contributed by atoms with Crippen molar-refractivity contribution in [2.45, 2.75) is 6.54 Å². The average molecular weight is 274 g/mol. The van der Waals surface area contributed by atoms with Gasteiger partial charge in [0.15, 0.2) is 0 Å². The monoisotopic (exact) mass is 274 g/mol. The summed E-state index contributed by atoms with van der Waals surface area (Å²) in [6, 6.07) is 6.67. The number of amides is 2. The van der Waals surface area contributed by atoms with Crippen molar-refractivity contribution in [3.63, 3.8) is 0 Å². The lowest BCUT2D eigenvalue weighted by Gasteiger charge is -2.10. The van der Waals surface area contributed by atoms with E-state index < -0.39 is 0 Å². The zero-order valence-electron chi connectivity index (χ0n) is 11.1. The van der Waals surface area contributed by atoms with Crippen LogP contribution in [0.15, 0.2) is 30.6 Å². The largest absolute Gasteiger partial charge is 0.345 e. The minimum atomic E-state index is -0.246. The number of aromatic nitrogens is 4. The molecule has 0 aliphatic heterocycles. The third-order valence-corrected chi connectivity index (χ3v) is 2.52. The summed E-state index contributed by atoms with van der Waals surface area (Å²) in [5.41, 5.74) is 1.17. The summed E-state index contributed by atoms with van der Waals surface area (Å²) in [4.78, 5) is 24.9. The molecule has 8 nitrogen and oxygen atoms in total. The summed E-state index contributed by atoms with van der Waals surface area (Å²) in [5, 5.41) is 13.2. The van der Waals surface area contributed by atoms with Crippen LogP contribution < -0.4 is 5.32 Å². The molecule has 0 atom stereocenters. The smallest absolute Gasteiger partial charge is 0.253 e. The summed E-state index contributed by atoms with van der Waals surface area (Å²) in [6.45, 7) is 0.0331. The zero-order valence-corrected chi connectivity index (χ0v) is 11.1. The Morgan fingerprint density at radius 2 is 1.95 bits per heavy atom. The van der Waals surface area contributed by atoms with Crippen LogP contribution in [0.1, 0.15) is 10.4 Å². The molecule has 20 heavy (non-hydrogen) atoms. The maximum Gasteiger partial charge on any atom is 0.253 e. The first-order valence-electron chi connectivity index (χ1n) is 5.88. The topological polar surface area (TPSA) is 93.0 Å². The summed E-state index contributed by atoms with van der Waals surface area (Å²) in [6.07, 6.45) is 1.36. The highest BCUT2D eigenvalue weighted by atomic mass is 16.2. The molecule has 0 radical (unpaired) electrons. The van der Waals surface area contributed by atoms with E-state index >= 15 is 0 Å². The molecule has 104 valence electrons.